The zero-order valence-corrected chi connectivity index (χ0v) is 17.6. The lowest BCUT2D eigenvalue weighted by molar-refractivity contribution is -0.133. The van der Waals surface area contributed by atoms with Gasteiger partial charge in [0.1, 0.15) is 11.4 Å². The molecular weight excluding hydrogens is 399 g/mol. The van der Waals surface area contributed by atoms with Crippen LogP contribution in [0.2, 0.25) is 0 Å². The molecule has 2 aliphatic heterocycles. The van der Waals surface area contributed by atoms with Crippen LogP contribution in [-0.4, -0.2) is 60.4 Å². The van der Waals surface area contributed by atoms with E-state index in [9.17, 15) is 18.8 Å². The van der Waals surface area contributed by atoms with Gasteiger partial charge in [0, 0.05) is 38.4 Å². The lowest BCUT2D eigenvalue weighted by Gasteiger charge is -2.37. The molecule has 2 heterocycles. The molecule has 1 N–H and O–H groups in total. The molecule has 7 nitrogen and oxygen atoms in total. The molecule has 31 heavy (non-hydrogen) atoms. The Hall–Kier alpha value is -3.42. The molecule has 2 saturated heterocycles. The molecule has 2 aromatic carbocycles. The standard InChI is InChI=1S/C23H25FN4O3/c1-26(2)19-9-5-17(6-10-19)20(29)27-13-11-23(12-14-27)21(30)28(22(31)25-23)15-16-3-7-18(24)8-4-16/h3-10H,11-15H2,1-2H3,(H,25,31). The van der Waals surface area contributed by atoms with Crippen LogP contribution in [0.4, 0.5) is 14.9 Å². The van der Waals surface area contributed by atoms with Crippen LogP contribution in [0.1, 0.15) is 28.8 Å². The number of carbonyl (C=O) groups is 3. The highest BCUT2D eigenvalue weighted by atomic mass is 19.1. The molecule has 4 amide bonds. The van der Waals surface area contributed by atoms with Crippen LogP contribution < -0.4 is 10.2 Å². The maximum atomic E-state index is 13.1. The largest absolute Gasteiger partial charge is 0.378 e. The number of nitrogens with zero attached hydrogens (tertiary/aromatic N) is 3. The minimum atomic E-state index is -0.983. The van der Waals surface area contributed by atoms with E-state index in [1.165, 1.54) is 17.0 Å². The molecule has 0 aromatic heterocycles. The number of carbonyl (C=O) groups excluding carboxylic acids is 3. The predicted octanol–water partition coefficient (Wildman–Crippen LogP) is 2.62. The van der Waals surface area contributed by atoms with E-state index in [1.54, 1.807) is 29.2 Å². The van der Waals surface area contributed by atoms with Crippen LogP contribution in [0, 0.1) is 5.82 Å². The van der Waals surface area contributed by atoms with Gasteiger partial charge in [-0.2, -0.15) is 0 Å². The van der Waals surface area contributed by atoms with Crippen molar-refractivity contribution in [1.82, 2.24) is 15.1 Å². The molecule has 2 fully saturated rings. The van der Waals surface area contributed by atoms with Crippen molar-refractivity contribution in [3.05, 3.63) is 65.5 Å². The number of benzene rings is 2. The number of hydrogen-bond acceptors (Lipinski definition) is 4. The third kappa shape index (κ3) is 3.97. The van der Waals surface area contributed by atoms with Crippen molar-refractivity contribution in [2.24, 2.45) is 0 Å². The summed E-state index contributed by atoms with van der Waals surface area (Å²) in [4.78, 5) is 43.3. The molecule has 0 atom stereocenters. The quantitative estimate of drug-likeness (QED) is 0.766. The zero-order valence-electron chi connectivity index (χ0n) is 17.6. The monoisotopic (exact) mass is 424 g/mol. The highest BCUT2D eigenvalue weighted by Crippen LogP contribution is 2.31. The first-order valence-corrected chi connectivity index (χ1v) is 10.2. The van der Waals surface area contributed by atoms with Crippen molar-refractivity contribution in [3.8, 4) is 0 Å². The van der Waals surface area contributed by atoms with E-state index >= 15 is 0 Å². The summed E-state index contributed by atoms with van der Waals surface area (Å²) in [6, 6.07) is 12.7. The molecule has 2 aromatic rings. The zero-order chi connectivity index (χ0) is 22.2. The second-order valence-corrected chi connectivity index (χ2v) is 8.26. The molecule has 8 heteroatoms. The lowest BCUT2D eigenvalue weighted by Crippen LogP contribution is -2.55. The fourth-order valence-electron chi connectivity index (χ4n) is 4.11. The van der Waals surface area contributed by atoms with Crippen LogP contribution in [0.3, 0.4) is 0 Å². The molecule has 0 aliphatic carbocycles. The molecule has 1 spiro atoms. The van der Waals surface area contributed by atoms with Gasteiger partial charge in [0.25, 0.3) is 11.8 Å². The Kier molecular flexibility index (Phi) is 5.39. The summed E-state index contributed by atoms with van der Waals surface area (Å²) in [6.07, 6.45) is 0.720. The fraction of sp³-hybridized carbons (Fsp3) is 0.348. The van der Waals surface area contributed by atoms with Crippen molar-refractivity contribution >= 4 is 23.5 Å². The highest BCUT2D eigenvalue weighted by Gasteiger charge is 2.52. The first-order valence-electron chi connectivity index (χ1n) is 10.2. The Morgan fingerprint density at radius 1 is 1.03 bits per heavy atom. The number of anilines is 1. The number of piperidine rings is 1. The second kappa shape index (κ2) is 8.02. The van der Waals surface area contributed by atoms with E-state index in [0.29, 0.717) is 37.1 Å². The molecule has 0 unspecified atom stereocenters. The van der Waals surface area contributed by atoms with E-state index < -0.39 is 11.6 Å². The van der Waals surface area contributed by atoms with Gasteiger partial charge in [-0.25, -0.2) is 9.18 Å². The second-order valence-electron chi connectivity index (χ2n) is 8.26. The first-order chi connectivity index (χ1) is 14.8. The number of hydrogen-bond donors (Lipinski definition) is 1. The van der Waals surface area contributed by atoms with Gasteiger partial charge in [0.2, 0.25) is 0 Å². The number of nitrogens with one attached hydrogen (secondary N) is 1. The molecule has 0 radical (unpaired) electrons. The summed E-state index contributed by atoms with van der Waals surface area (Å²) < 4.78 is 13.1. The van der Waals surface area contributed by atoms with Gasteiger partial charge >= 0.3 is 6.03 Å². The Balaban J connectivity index is 1.41. The predicted molar refractivity (Wildman–Crippen MR) is 114 cm³/mol. The highest BCUT2D eigenvalue weighted by molar-refractivity contribution is 6.07. The summed E-state index contributed by atoms with van der Waals surface area (Å²) in [7, 11) is 3.88. The fourth-order valence-corrected chi connectivity index (χ4v) is 4.11. The van der Waals surface area contributed by atoms with E-state index in [-0.39, 0.29) is 24.2 Å². The lowest BCUT2D eigenvalue weighted by atomic mass is 9.87. The van der Waals surface area contributed by atoms with E-state index in [1.807, 2.05) is 31.1 Å². The Morgan fingerprint density at radius 3 is 2.23 bits per heavy atom. The number of urea groups is 1. The third-order valence-corrected chi connectivity index (χ3v) is 6.03. The van der Waals surface area contributed by atoms with Crippen molar-refractivity contribution in [2.45, 2.75) is 24.9 Å². The first kappa shape index (κ1) is 20.8. The number of rotatable bonds is 4. The third-order valence-electron chi connectivity index (χ3n) is 6.03. The summed E-state index contributed by atoms with van der Waals surface area (Å²) in [5, 5.41) is 2.84. The van der Waals surface area contributed by atoms with Crippen LogP contribution >= 0.6 is 0 Å². The number of imide groups is 1. The summed E-state index contributed by atoms with van der Waals surface area (Å²) in [5.41, 5.74) is 1.30. The SMILES string of the molecule is CN(C)c1ccc(C(=O)N2CCC3(CC2)NC(=O)N(Cc2ccc(F)cc2)C3=O)cc1. The minimum absolute atomic E-state index is 0.0832. The van der Waals surface area contributed by atoms with E-state index in [4.69, 9.17) is 0 Å². The number of halogens is 1. The maximum absolute atomic E-state index is 13.1. The smallest absolute Gasteiger partial charge is 0.325 e. The maximum Gasteiger partial charge on any atom is 0.325 e. The van der Waals surface area contributed by atoms with Crippen LogP contribution in [0.5, 0.6) is 0 Å². The molecule has 4 rings (SSSR count). The van der Waals surface area contributed by atoms with Crippen molar-refractivity contribution in [2.75, 3.05) is 32.1 Å². The Labute approximate surface area is 180 Å². The van der Waals surface area contributed by atoms with Gasteiger partial charge in [-0.05, 0) is 54.8 Å². The van der Waals surface area contributed by atoms with Crippen LogP contribution in [0.15, 0.2) is 48.5 Å². The van der Waals surface area contributed by atoms with Gasteiger partial charge in [0.15, 0.2) is 0 Å². The molecule has 2 aliphatic rings. The Bertz CT molecular complexity index is 996. The van der Waals surface area contributed by atoms with E-state index in [2.05, 4.69) is 5.32 Å². The molecular formula is C23H25FN4O3. The average Bonchev–Trinajstić information content (AvgIpc) is 2.99. The van der Waals surface area contributed by atoms with Crippen LogP contribution in [0.25, 0.3) is 0 Å². The van der Waals surface area contributed by atoms with Crippen molar-refractivity contribution in [3.63, 3.8) is 0 Å². The molecule has 0 saturated carbocycles. The van der Waals surface area contributed by atoms with Crippen LogP contribution in [-0.2, 0) is 11.3 Å². The van der Waals surface area contributed by atoms with E-state index in [0.717, 1.165) is 5.69 Å². The number of amides is 4. The van der Waals surface area contributed by atoms with Gasteiger partial charge in [0.05, 0.1) is 6.54 Å². The Morgan fingerprint density at radius 2 is 1.65 bits per heavy atom. The molecule has 162 valence electrons. The van der Waals surface area contributed by atoms with Gasteiger partial charge in [-0.3, -0.25) is 14.5 Å². The van der Waals surface area contributed by atoms with Gasteiger partial charge in [-0.15, -0.1) is 0 Å². The normalized spacial score (nSPS) is 17.8. The number of likely N-dealkylation sites (tertiary alicyclic amines) is 1. The summed E-state index contributed by atoms with van der Waals surface area (Å²) in [5.74, 6) is -0.741. The summed E-state index contributed by atoms with van der Waals surface area (Å²) >= 11 is 0. The molecule has 0 bridgehead atoms. The van der Waals surface area contributed by atoms with Gasteiger partial charge in [-0.1, -0.05) is 12.1 Å². The van der Waals surface area contributed by atoms with Crippen molar-refractivity contribution in [1.29, 1.82) is 0 Å². The average molecular weight is 424 g/mol. The topological polar surface area (TPSA) is 73.0 Å². The van der Waals surface area contributed by atoms with Gasteiger partial charge < -0.3 is 15.1 Å². The van der Waals surface area contributed by atoms with Crippen molar-refractivity contribution < 1.29 is 18.8 Å². The minimum Gasteiger partial charge on any atom is -0.378 e. The summed E-state index contributed by atoms with van der Waals surface area (Å²) in [6.45, 7) is 0.850.